The van der Waals surface area contributed by atoms with Crippen molar-refractivity contribution < 1.29 is 14.7 Å². The normalized spacial score (nSPS) is 10.4. The molecule has 0 aromatic heterocycles. The highest BCUT2D eigenvalue weighted by atomic mass is 16.4. The number of amides is 2. The van der Waals surface area contributed by atoms with Gasteiger partial charge in [0.15, 0.2) is 0 Å². The van der Waals surface area contributed by atoms with Crippen LogP contribution in [0.2, 0.25) is 0 Å². The van der Waals surface area contributed by atoms with E-state index >= 15 is 0 Å². The van der Waals surface area contributed by atoms with Gasteiger partial charge in [0.1, 0.15) is 0 Å². The molecule has 1 rings (SSSR count). The SMILES string of the molecule is Cc1cccc(CNC(=O)N(CCC(=O)O)C(C)C)c1. The summed E-state index contributed by atoms with van der Waals surface area (Å²) >= 11 is 0. The third-order valence-corrected chi connectivity index (χ3v) is 2.98. The number of nitrogens with one attached hydrogen (secondary N) is 1. The van der Waals surface area contributed by atoms with Gasteiger partial charge in [0.2, 0.25) is 0 Å². The Labute approximate surface area is 119 Å². The highest BCUT2D eigenvalue weighted by Gasteiger charge is 2.17. The summed E-state index contributed by atoms with van der Waals surface area (Å²) < 4.78 is 0. The quantitative estimate of drug-likeness (QED) is 0.839. The second kappa shape index (κ2) is 7.53. The van der Waals surface area contributed by atoms with E-state index in [1.807, 2.05) is 45.0 Å². The van der Waals surface area contributed by atoms with E-state index in [1.54, 1.807) is 0 Å². The summed E-state index contributed by atoms with van der Waals surface area (Å²) in [4.78, 5) is 24.2. The average molecular weight is 278 g/mol. The summed E-state index contributed by atoms with van der Waals surface area (Å²) in [7, 11) is 0. The second-order valence-corrected chi connectivity index (χ2v) is 5.08. The average Bonchev–Trinajstić information content (AvgIpc) is 2.36. The van der Waals surface area contributed by atoms with Gasteiger partial charge in [-0.25, -0.2) is 4.79 Å². The van der Waals surface area contributed by atoms with E-state index in [1.165, 1.54) is 4.90 Å². The maximum absolute atomic E-state index is 12.1. The van der Waals surface area contributed by atoms with Gasteiger partial charge >= 0.3 is 12.0 Å². The van der Waals surface area contributed by atoms with Gasteiger partial charge in [0.25, 0.3) is 0 Å². The molecule has 0 aliphatic rings. The van der Waals surface area contributed by atoms with Gasteiger partial charge in [-0.3, -0.25) is 4.79 Å². The number of hydrogen-bond donors (Lipinski definition) is 2. The standard InChI is InChI=1S/C15H22N2O3/c1-11(2)17(8-7-14(18)19)15(20)16-10-13-6-4-5-12(3)9-13/h4-6,9,11H,7-8,10H2,1-3H3,(H,16,20)(H,18,19). The van der Waals surface area contributed by atoms with E-state index in [0.717, 1.165) is 11.1 Å². The molecule has 0 heterocycles. The number of carboxylic acid groups (broad SMARTS) is 1. The zero-order valence-corrected chi connectivity index (χ0v) is 12.2. The topological polar surface area (TPSA) is 69.6 Å². The first-order valence-corrected chi connectivity index (χ1v) is 6.72. The smallest absolute Gasteiger partial charge is 0.317 e. The van der Waals surface area contributed by atoms with Crippen LogP contribution in [0.3, 0.4) is 0 Å². The van der Waals surface area contributed by atoms with Crippen LogP contribution in [0.5, 0.6) is 0 Å². The molecule has 0 spiro atoms. The summed E-state index contributed by atoms with van der Waals surface area (Å²) in [5.74, 6) is -0.901. The van der Waals surface area contributed by atoms with E-state index in [4.69, 9.17) is 5.11 Å². The Morgan fingerprint density at radius 1 is 1.35 bits per heavy atom. The molecule has 0 atom stereocenters. The number of benzene rings is 1. The Morgan fingerprint density at radius 3 is 2.60 bits per heavy atom. The molecule has 0 bridgehead atoms. The van der Waals surface area contributed by atoms with Crippen molar-refractivity contribution in [2.45, 2.75) is 39.8 Å². The number of aliphatic carboxylic acids is 1. The molecule has 0 fully saturated rings. The van der Waals surface area contributed by atoms with Crippen LogP contribution in [0.25, 0.3) is 0 Å². The maximum atomic E-state index is 12.1. The Kier molecular flexibility index (Phi) is 6.03. The fourth-order valence-corrected chi connectivity index (χ4v) is 1.91. The van der Waals surface area contributed by atoms with E-state index < -0.39 is 5.97 Å². The highest BCUT2D eigenvalue weighted by molar-refractivity contribution is 5.75. The van der Waals surface area contributed by atoms with Gasteiger partial charge in [-0.15, -0.1) is 0 Å². The number of carbonyl (C=O) groups excluding carboxylic acids is 1. The largest absolute Gasteiger partial charge is 0.481 e. The van der Waals surface area contributed by atoms with Crippen LogP contribution >= 0.6 is 0 Å². The molecule has 0 radical (unpaired) electrons. The van der Waals surface area contributed by atoms with E-state index in [-0.39, 0.29) is 25.0 Å². The second-order valence-electron chi connectivity index (χ2n) is 5.08. The van der Waals surface area contributed by atoms with Crippen LogP contribution < -0.4 is 5.32 Å². The fourth-order valence-electron chi connectivity index (χ4n) is 1.91. The van der Waals surface area contributed by atoms with Gasteiger partial charge in [-0.1, -0.05) is 29.8 Å². The maximum Gasteiger partial charge on any atom is 0.317 e. The molecule has 2 N–H and O–H groups in total. The third-order valence-electron chi connectivity index (χ3n) is 2.98. The van der Waals surface area contributed by atoms with Crippen LogP contribution in [-0.2, 0) is 11.3 Å². The minimum atomic E-state index is -0.901. The lowest BCUT2D eigenvalue weighted by molar-refractivity contribution is -0.137. The first-order valence-electron chi connectivity index (χ1n) is 6.72. The van der Waals surface area contributed by atoms with Crippen molar-refractivity contribution in [2.24, 2.45) is 0 Å². The van der Waals surface area contributed by atoms with Crippen molar-refractivity contribution in [2.75, 3.05) is 6.54 Å². The van der Waals surface area contributed by atoms with Crippen molar-refractivity contribution in [1.29, 1.82) is 0 Å². The minimum absolute atomic E-state index is 0.0353. The number of hydrogen-bond acceptors (Lipinski definition) is 2. The molecule has 5 heteroatoms. The fraction of sp³-hybridized carbons (Fsp3) is 0.467. The summed E-state index contributed by atoms with van der Waals surface area (Å²) in [5.41, 5.74) is 2.17. The molecule has 0 saturated carbocycles. The zero-order chi connectivity index (χ0) is 15.1. The number of rotatable bonds is 6. The van der Waals surface area contributed by atoms with Gasteiger partial charge in [0.05, 0.1) is 6.42 Å². The van der Waals surface area contributed by atoms with E-state index in [2.05, 4.69) is 5.32 Å². The van der Waals surface area contributed by atoms with Crippen LogP contribution in [0.1, 0.15) is 31.4 Å². The molecule has 0 aliphatic carbocycles. The number of urea groups is 1. The summed E-state index contributed by atoms with van der Waals surface area (Å²) in [6.45, 7) is 6.39. The van der Waals surface area contributed by atoms with Crippen LogP contribution in [0.15, 0.2) is 24.3 Å². The predicted molar refractivity (Wildman–Crippen MR) is 77.5 cm³/mol. The lowest BCUT2D eigenvalue weighted by Crippen LogP contribution is -2.44. The van der Waals surface area contributed by atoms with Gasteiger partial charge in [-0.05, 0) is 26.3 Å². The highest BCUT2D eigenvalue weighted by Crippen LogP contribution is 2.05. The van der Waals surface area contributed by atoms with Crippen molar-refractivity contribution in [1.82, 2.24) is 10.2 Å². The zero-order valence-electron chi connectivity index (χ0n) is 12.2. The van der Waals surface area contributed by atoms with E-state index in [9.17, 15) is 9.59 Å². The molecule has 1 aromatic rings. The summed E-state index contributed by atoms with van der Waals surface area (Å²) in [6, 6.07) is 7.64. The predicted octanol–water partition coefficient (Wildman–Crippen LogP) is 2.39. The van der Waals surface area contributed by atoms with Crippen molar-refractivity contribution in [3.05, 3.63) is 35.4 Å². The first kappa shape index (κ1) is 16.0. The molecule has 110 valence electrons. The number of carbonyl (C=O) groups is 2. The van der Waals surface area contributed by atoms with Gasteiger partial charge in [-0.2, -0.15) is 0 Å². The Bertz CT molecular complexity index is 472. The molecule has 20 heavy (non-hydrogen) atoms. The Hall–Kier alpha value is -2.04. The molecule has 2 amide bonds. The molecule has 0 aliphatic heterocycles. The van der Waals surface area contributed by atoms with Crippen LogP contribution in [0.4, 0.5) is 4.79 Å². The van der Waals surface area contributed by atoms with Gasteiger partial charge in [0, 0.05) is 19.1 Å². The lowest BCUT2D eigenvalue weighted by atomic mass is 10.1. The lowest BCUT2D eigenvalue weighted by Gasteiger charge is -2.26. The van der Waals surface area contributed by atoms with Crippen molar-refractivity contribution in [3.8, 4) is 0 Å². The summed E-state index contributed by atoms with van der Waals surface area (Å²) in [6.07, 6.45) is -0.0456. The molecule has 5 nitrogen and oxygen atoms in total. The van der Waals surface area contributed by atoms with Crippen molar-refractivity contribution in [3.63, 3.8) is 0 Å². The molecule has 1 aromatic carbocycles. The molecule has 0 unspecified atom stereocenters. The number of aryl methyl sites for hydroxylation is 1. The third kappa shape index (κ3) is 5.30. The van der Waals surface area contributed by atoms with E-state index in [0.29, 0.717) is 6.54 Å². The molecule has 0 saturated heterocycles. The number of carboxylic acids is 1. The minimum Gasteiger partial charge on any atom is -0.481 e. The Balaban J connectivity index is 2.55. The first-order chi connectivity index (χ1) is 9.40. The molecular formula is C15H22N2O3. The monoisotopic (exact) mass is 278 g/mol. The number of nitrogens with zero attached hydrogens (tertiary/aromatic N) is 1. The van der Waals surface area contributed by atoms with Gasteiger partial charge < -0.3 is 15.3 Å². The van der Waals surface area contributed by atoms with Crippen LogP contribution in [0, 0.1) is 6.92 Å². The Morgan fingerprint density at radius 2 is 2.05 bits per heavy atom. The van der Waals surface area contributed by atoms with Crippen LogP contribution in [-0.4, -0.2) is 34.6 Å². The molecular weight excluding hydrogens is 256 g/mol. The summed E-state index contributed by atoms with van der Waals surface area (Å²) in [5, 5.41) is 11.5. The van der Waals surface area contributed by atoms with Crippen molar-refractivity contribution >= 4 is 12.0 Å².